The van der Waals surface area contributed by atoms with Crippen LogP contribution in [0.4, 0.5) is 43.9 Å². The molecular formula is C12ClF10IO4. The predicted octanol–water partition coefficient (Wildman–Crippen LogP) is -3.55. The van der Waals surface area contributed by atoms with Gasteiger partial charge in [0.25, 0.3) is 7.14 Å². The Kier molecular flexibility index (Phi) is 7.88. The minimum Gasteiger partial charge on any atom is -0.222 e. The molecule has 2 aromatic rings. The van der Waals surface area contributed by atoms with Gasteiger partial charge in [-0.1, -0.05) is 0 Å². The smallest absolute Gasteiger partial charge is 0.222 e. The van der Waals surface area contributed by atoms with Gasteiger partial charge < -0.3 is 0 Å². The molecule has 0 heterocycles. The van der Waals surface area contributed by atoms with E-state index < -0.39 is 96.8 Å². The summed E-state index contributed by atoms with van der Waals surface area (Å²) < 4.78 is 162. The quantitative estimate of drug-likeness (QED) is 0.165. The van der Waals surface area contributed by atoms with Gasteiger partial charge >= 0.3 is 21.2 Å². The predicted molar refractivity (Wildman–Crippen MR) is 49.9 cm³/mol. The molecule has 0 aliphatic carbocycles. The number of hydrogen-bond acceptors (Lipinski definition) is 4. The molecule has 0 saturated carbocycles. The van der Waals surface area contributed by atoms with E-state index in [2.05, 4.69) is 0 Å². The van der Waals surface area contributed by atoms with E-state index in [-0.39, 0.29) is 0 Å². The van der Waals surface area contributed by atoms with E-state index in [1.54, 1.807) is 0 Å². The molecule has 28 heavy (non-hydrogen) atoms. The average Bonchev–Trinajstić information content (AvgIpc) is 2.59. The molecule has 2 rings (SSSR count). The van der Waals surface area contributed by atoms with E-state index in [1.807, 2.05) is 0 Å². The first-order valence-corrected chi connectivity index (χ1v) is 9.28. The zero-order valence-corrected chi connectivity index (χ0v) is 15.1. The Labute approximate surface area is 159 Å². The van der Waals surface area contributed by atoms with Crippen LogP contribution in [0.3, 0.4) is 0 Å². The number of halogens is 12. The van der Waals surface area contributed by atoms with Crippen LogP contribution in [-0.2, 0) is 0 Å². The number of rotatable bonds is 2. The third kappa shape index (κ3) is 5.35. The first-order chi connectivity index (χ1) is 12.6. The molecule has 0 spiro atoms. The van der Waals surface area contributed by atoms with E-state index in [0.717, 1.165) is 0 Å². The molecule has 16 heteroatoms. The summed E-state index contributed by atoms with van der Waals surface area (Å²) >= 11 is -2.94. The summed E-state index contributed by atoms with van der Waals surface area (Å²) in [5.74, 6) is -24.1. The lowest BCUT2D eigenvalue weighted by Crippen LogP contribution is -3.62. The van der Waals surface area contributed by atoms with Gasteiger partial charge in [0.2, 0.25) is 58.2 Å². The minimum atomic E-state index is -4.94. The van der Waals surface area contributed by atoms with Gasteiger partial charge in [0.15, 0.2) is 0 Å². The normalized spacial score (nSPS) is 11.4. The van der Waals surface area contributed by atoms with Crippen LogP contribution in [0.1, 0.15) is 0 Å². The van der Waals surface area contributed by atoms with Crippen LogP contribution in [0, 0.1) is 75.6 Å². The Morgan fingerprint density at radius 3 is 0.714 bits per heavy atom. The summed E-state index contributed by atoms with van der Waals surface area (Å²) in [7, 11) is -4.94. The van der Waals surface area contributed by atoms with Gasteiger partial charge in [-0.05, 0) is 0 Å². The fourth-order valence-electron chi connectivity index (χ4n) is 1.42. The van der Waals surface area contributed by atoms with Crippen molar-refractivity contribution < 1.29 is 94.0 Å². The molecule has 0 bridgehead atoms. The lowest BCUT2D eigenvalue weighted by molar-refractivity contribution is -2.00. The highest BCUT2D eigenvalue weighted by molar-refractivity contribution is 5.15. The van der Waals surface area contributed by atoms with Gasteiger partial charge in [0.1, 0.15) is 0 Å². The summed E-state index contributed by atoms with van der Waals surface area (Å²) in [6, 6.07) is 0. The van der Waals surface area contributed by atoms with Gasteiger partial charge in [0.05, 0.1) is 0 Å². The van der Waals surface area contributed by atoms with Crippen molar-refractivity contribution in [2.45, 2.75) is 0 Å². The molecule has 0 amide bonds. The van der Waals surface area contributed by atoms with Crippen LogP contribution < -0.4 is 39.8 Å². The van der Waals surface area contributed by atoms with Gasteiger partial charge in [-0.25, -0.2) is 45.0 Å². The van der Waals surface area contributed by atoms with Crippen LogP contribution in [0.5, 0.6) is 0 Å². The van der Waals surface area contributed by atoms with Gasteiger partial charge in [-0.3, -0.25) is 0 Å². The molecule has 0 N–H and O–H groups in total. The first-order valence-electron chi connectivity index (χ1n) is 5.89. The van der Waals surface area contributed by atoms with E-state index in [0.29, 0.717) is 0 Å². The standard InChI is InChI=1S/C12F10I.ClHO4/c13-1-3(15)7(19)11(8(20)4(1)16)23-12-9(21)5(17)2(14)6(18)10(12)22;2-1(3,4)5/h;(H,2,3,4,5)/q+1;/p-1. The summed E-state index contributed by atoms with van der Waals surface area (Å²) in [6.07, 6.45) is 0. The second kappa shape index (κ2) is 8.95. The maximum Gasteiger partial charge on any atom is 0.371 e. The van der Waals surface area contributed by atoms with Crippen LogP contribution in [0.2, 0.25) is 0 Å². The lowest BCUT2D eigenvalue weighted by Gasteiger charge is -2.17. The molecule has 0 fully saturated rings. The van der Waals surface area contributed by atoms with Gasteiger partial charge in [-0.2, -0.15) is 17.6 Å². The minimum absolute atomic E-state index is 1.62. The van der Waals surface area contributed by atoms with Crippen LogP contribution in [0.25, 0.3) is 0 Å². The monoisotopic (exact) mass is 560 g/mol. The van der Waals surface area contributed by atoms with E-state index in [4.69, 9.17) is 18.6 Å². The SMILES string of the molecule is Fc1c(F)c(F)c([I+]c2c(F)c(F)c(F)c(F)c2F)c(F)c1F.[O-][Cl+3]([O-])([O-])[O-]. The Balaban J connectivity index is 0.000000696. The summed E-state index contributed by atoms with van der Waals surface area (Å²) in [6.45, 7) is 0. The van der Waals surface area contributed by atoms with E-state index in [9.17, 15) is 43.9 Å². The zero-order valence-electron chi connectivity index (χ0n) is 12.2. The summed E-state index contributed by atoms with van der Waals surface area (Å²) in [4.78, 5) is 0. The molecule has 0 atom stereocenters. The molecule has 0 radical (unpaired) electrons. The highest BCUT2D eigenvalue weighted by atomic mass is 127. The van der Waals surface area contributed by atoms with E-state index >= 15 is 0 Å². The lowest BCUT2D eigenvalue weighted by atomic mass is 10.3. The second-order valence-electron chi connectivity index (χ2n) is 4.24. The molecule has 2 aromatic carbocycles. The number of benzene rings is 2. The third-order valence-electron chi connectivity index (χ3n) is 2.50. The van der Waals surface area contributed by atoms with Crippen molar-refractivity contribution in [3.63, 3.8) is 0 Å². The van der Waals surface area contributed by atoms with Crippen molar-refractivity contribution in [3.8, 4) is 0 Å². The van der Waals surface area contributed by atoms with Crippen molar-refractivity contribution in [1.82, 2.24) is 0 Å². The second-order valence-corrected chi connectivity index (χ2v) is 7.69. The molecule has 0 aliphatic rings. The first kappa shape index (κ1) is 24.6. The van der Waals surface area contributed by atoms with E-state index in [1.165, 1.54) is 0 Å². The van der Waals surface area contributed by atoms with Crippen LogP contribution in [-0.4, -0.2) is 0 Å². The van der Waals surface area contributed by atoms with Crippen molar-refractivity contribution in [2.24, 2.45) is 0 Å². The molecule has 0 aromatic heterocycles. The molecule has 4 nitrogen and oxygen atoms in total. The zero-order chi connectivity index (χ0) is 22.1. The maximum atomic E-state index is 13.4. The maximum absolute atomic E-state index is 13.4. The Bertz CT molecular complexity index is 789. The topological polar surface area (TPSA) is 92.2 Å². The Morgan fingerprint density at radius 1 is 0.393 bits per heavy atom. The Hall–Kier alpha value is -1.40. The van der Waals surface area contributed by atoms with Crippen molar-refractivity contribution in [1.29, 1.82) is 0 Å². The third-order valence-corrected chi connectivity index (χ3v) is 5.47. The molecule has 0 saturated heterocycles. The van der Waals surface area contributed by atoms with Crippen LogP contribution >= 0.6 is 0 Å². The van der Waals surface area contributed by atoms with Crippen molar-refractivity contribution in [2.75, 3.05) is 0 Å². The largest absolute Gasteiger partial charge is 0.371 e. The van der Waals surface area contributed by atoms with Crippen molar-refractivity contribution >= 4 is 0 Å². The summed E-state index contributed by atoms with van der Waals surface area (Å²) in [5, 5.41) is 0. The van der Waals surface area contributed by atoms with Gasteiger partial charge in [-0.15, -0.1) is 10.2 Å². The Morgan fingerprint density at radius 2 is 0.536 bits per heavy atom. The molecular weight excluding hydrogens is 560 g/mol. The fraction of sp³-hybridized carbons (Fsp3) is 0. The fourth-order valence-corrected chi connectivity index (χ4v) is 3.85. The average molecular weight is 560 g/mol. The summed E-state index contributed by atoms with van der Waals surface area (Å²) in [5.41, 5.74) is 0. The van der Waals surface area contributed by atoms with Crippen molar-refractivity contribution in [3.05, 3.63) is 65.3 Å². The van der Waals surface area contributed by atoms with Gasteiger partial charge in [0, 0.05) is 0 Å². The molecule has 0 aliphatic heterocycles. The van der Waals surface area contributed by atoms with Crippen LogP contribution in [0.15, 0.2) is 0 Å². The number of hydrogen-bond donors (Lipinski definition) is 0. The highest BCUT2D eigenvalue weighted by Gasteiger charge is 2.41. The molecule has 0 unspecified atom stereocenters. The molecule has 156 valence electrons. The highest BCUT2D eigenvalue weighted by Crippen LogP contribution is 2.19.